The molecule has 6 heteroatoms. The molecule has 0 aromatic heterocycles. The van der Waals surface area contributed by atoms with Gasteiger partial charge in [-0.15, -0.1) is 0 Å². The average molecular weight is 174 g/mol. The first-order valence-corrected chi connectivity index (χ1v) is 3.30. The van der Waals surface area contributed by atoms with Crippen molar-refractivity contribution in [1.82, 2.24) is 5.43 Å². The van der Waals surface area contributed by atoms with Gasteiger partial charge in [0.15, 0.2) is 5.11 Å². The first-order chi connectivity index (χ1) is 5.02. The Bertz CT molecular complexity index is 201. The first-order valence-electron chi connectivity index (χ1n) is 2.89. The van der Waals surface area contributed by atoms with Crippen molar-refractivity contribution in [2.24, 2.45) is 16.6 Å². The van der Waals surface area contributed by atoms with Crippen LogP contribution in [0.25, 0.3) is 0 Å². The Kier molecular flexibility index (Phi) is 4.12. The van der Waals surface area contributed by atoms with Crippen LogP contribution in [0.1, 0.15) is 13.3 Å². The summed E-state index contributed by atoms with van der Waals surface area (Å²) in [5.74, 6) is -0.434. The normalized spacial score (nSPS) is 10.8. The van der Waals surface area contributed by atoms with E-state index in [9.17, 15) is 4.79 Å². The molecule has 0 saturated carbocycles. The lowest BCUT2D eigenvalue weighted by molar-refractivity contribution is -0.116. The molecule has 0 rings (SSSR count). The number of hydrogen-bond acceptors (Lipinski definition) is 3. The summed E-state index contributed by atoms with van der Waals surface area (Å²) < 4.78 is 0. The van der Waals surface area contributed by atoms with E-state index >= 15 is 0 Å². The fourth-order valence-electron chi connectivity index (χ4n) is 0.442. The van der Waals surface area contributed by atoms with E-state index in [2.05, 4.69) is 22.7 Å². The SMILES string of the molecule is C/C(CC(N)=O)=N/NC(N)=S. The van der Waals surface area contributed by atoms with Crippen molar-refractivity contribution >= 4 is 28.9 Å². The van der Waals surface area contributed by atoms with E-state index in [0.29, 0.717) is 5.71 Å². The molecule has 0 bridgehead atoms. The molecule has 11 heavy (non-hydrogen) atoms. The number of nitrogens with one attached hydrogen (secondary N) is 1. The number of rotatable bonds is 3. The largest absolute Gasteiger partial charge is 0.375 e. The number of amides is 1. The highest BCUT2D eigenvalue weighted by atomic mass is 32.1. The molecule has 0 spiro atoms. The van der Waals surface area contributed by atoms with Crippen molar-refractivity contribution < 1.29 is 4.79 Å². The second kappa shape index (κ2) is 4.62. The van der Waals surface area contributed by atoms with Crippen LogP contribution in [0.3, 0.4) is 0 Å². The quantitative estimate of drug-likeness (QED) is 0.293. The topological polar surface area (TPSA) is 93.5 Å². The van der Waals surface area contributed by atoms with Gasteiger partial charge in [0.25, 0.3) is 0 Å². The standard InChI is InChI=1S/C5H10N4OS/c1-3(2-4(6)10)8-9-5(7)11/h2H2,1H3,(H2,6,10)(H3,7,9,11)/b8-3-. The third-order valence-corrected chi connectivity index (χ3v) is 0.878. The van der Waals surface area contributed by atoms with Gasteiger partial charge in [-0.1, -0.05) is 0 Å². The van der Waals surface area contributed by atoms with E-state index < -0.39 is 5.91 Å². The summed E-state index contributed by atoms with van der Waals surface area (Å²) in [5, 5.41) is 3.73. The number of carbonyl (C=O) groups is 1. The van der Waals surface area contributed by atoms with Gasteiger partial charge >= 0.3 is 0 Å². The van der Waals surface area contributed by atoms with Gasteiger partial charge in [0, 0.05) is 5.71 Å². The van der Waals surface area contributed by atoms with Gasteiger partial charge in [-0.2, -0.15) is 5.10 Å². The van der Waals surface area contributed by atoms with E-state index in [4.69, 9.17) is 11.5 Å². The average Bonchev–Trinajstić information content (AvgIpc) is 1.82. The molecule has 0 aliphatic heterocycles. The minimum absolute atomic E-state index is 0.0637. The molecular weight excluding hydrogens is 164 g/mol. The predicted octanol–water partition coefficient (Wildman–Crippen LogP) is -0.929. The van der Waals surface area contributed by atoms with Crippen LogP contribution in [0.4, 0.5) is 0 Å². The number of hydrazone groups is 1. The minimum atomic E-state index is -0.434. The number of thiocarbonyl (C=S) groups is 1. The summed E-state index contributed by atoms with van der Waals surface area (Å²) in [5.41, 5.74) is 12.8. The maximum Gasteiger partial charge on any atom is 0.223 e. The zero-order valence-electron chi connectivity index (χ0n) is 6.13. The van der Waals surface area contributed by atoms with Crippen LogP contribution in [0.5, 0.6) is 0 Å². The molecule has 0 fully saturated rings. The predicted molar refractivity (Wildman–Crippen MR) is 46.8 cm³/mol. The molecule has 5 N–H and O–H groups in total. The Labute approximate surface area is 69.8 Å². The van der Waals surface area contributed by atoms with E-state index in [1.54, 1.807) is 6.92 Å². The highest BCUT2D eigenvalue weighted by Gasteiger charge is 1.96. The fourth-order valence-corrected chi connectivity index (χ4v) is 0.488. The summed E-state index contributed by atoms with van der Waals surface area (Å²) in [6, 6.07) is 0. The van der Waals surface area contributed by atoms with E-state index in [0.717, 1.165) is 0 Å². The summed E-state index contributed by atoms with van der Waals surface area (Å²) in [6.07, 6.45) is 0.107. The number of nitrogens with zero attached hydrogens (tertiary/aromatic N) is 1. The van der Waals surface area contributed by atoms with Crippen molar-refractivity contribution in [1.29, 1.82) is 0 Å². The van der Waals surface area contributed by atoms with Gasteiger partial charge in [-0.25, -0.2) is 0 Å². The van der Waals surface area contributed by atoms with E-state index in [1.807, 2.05) is 0 Å². The summed E-state index contributed by atoms with van der Waals surface area (Å²) >= 11 is 4.47. The molecule has 0 saturated heterocycles. The number of hydrogen-bond donors (Lipinski definition) is 3. The Balaban J connectivity index is 3.81. The van der Waals surface area contributed by atoms with E-state index in [1.165, 1.54) is 0 Å². The molecule has 5 nitrogen and oxygen atoms in total. The lowest BCUT2D eigenvalue weighted by Crippen LogP contribution is -2.26. The molecule has 0 radical (unpaired) electrons. The Morgan fingerprint density at radius 2 is 2.18 bits per heavy atom. The summed E-state index contributed by atoms with van der Waals surface area (Å²) in [7, 11) is 0. The molecule has 62 valence electrons. The Hall–Kier alpha value is -1.17. The second-order valence-electron chi connectivity index (χ2n) is 1.97. The van der Waals surface area contributed by atoms with Crippen molar-refractivity contribution in [2.75, 3.05) is 0 Å². The third kappa shape index (κ3) is 6.72. The summed E-state index contributed by atoms with van der Waals surface area (Å²) in [6.45, 7) is 1.65. The molecule has 0 atom stereocenters. The van der Waals surface area contributed by atoms with Crippen LogP contribution in [0, 0.1) is 0 Å². The smallest absolute Gasteiger partial charge is 0.223 e. The minimum Gasteiger partial charge on any atom is -0.375 e. The maximum atomic E-state index is 10.3. The second-order valence-corrected chi connectivity index (χ2v) is 2.41. The molecule has 0 aromatic carbocycles. The van der Waals surface area contributed by atoms with Crippen LogP contribution in [-0.4, -0.2) is 16.7 Å². The zero-order chi connectivity index (χ0) is 8.85. The van der Waals surface area contributed by atoms with E-state index in [-0.39, 0.29) is 11.5 Å². The lowest BCUT2D eigenvalue weighted by atomic mass is 10.3. The van der Waals surface area contributed by atoms with Crippen LogP contribution < -0.4 is 16.9 Å². The highest BCUT2D eigenvalue weighted by Crippen LogP contribution is 1.81. The summed E-state index contributed by atoms with van der Waals surface area (Å²) in [4.78, 5) is 10.3. The Morgan fingerprint density at radius 1 is 1.64 bits per heavy atom. The number of nitrogens with two attached hydrogens (primary N) is 2. The van der Waals surface area contributed by atoms with Crippen LogP contribution in [0.15, 0.2) is 5.10 Å². The number of carbonyl (C=O) groups excluding carboxylic acids is 1. The van der Waals surface area contributed by atoms with Gasteiger partial charge in [-0.05, 0) is 19.1 Å². The van der Waals surface area contributed by atoms with Crippen molar-refractivity contribution in [2.45, 2.75) is 13.3 Å². The molecule has 0 heterocycles. The number of primary amides is 1. The first kappa shape index (κ1) is 9.83. The molecule has 0 aromatic rings. The maximum absolute atomic E-state index is 10.3. The Morgan fingerprint density at radius 3 is 2.55 bits per heavy atom. The molecule has 0 aliphatic rings. The van der Waals surface area contributed by atoms with Crippen molar-refractivity contribution in [3.05, 3.63) is 0 Å². The molecule has 0 aliphatic carbocycles. The van der Waals surface area contributed by atoms with Crippen LogP contribution in [-0.2, 0) is 4.79 Å². The molecule has 1 amide bonds. The zero-order valence-corrected chi connectivity index (χ0v) is 6.94. The van der Waals surface area contributed by atoms with Crippen molar-refractivity contribution in [3.8, 4) is 0 Å². The van der Waals surface area contributed by atoms with Gasteiger partial charge < -0.3 is 11.5 Å². The lowest BCUT2D eigenvalue weighted by Gasteiger charge is -1.97. The van der Waals surface area contributed by atoms with Gasteiger partial charge in [0.1, 0.15) is 0 Å². The third-order valence-electron chi connectivity index (χ3n) is 0.787. The monoisotopic (exact) mass is 174 g/mol. The van der Waals surface area contributed by atoms with Gasteiger partial charge in [0.2, 0.25) is 5.91 Å². The van der Waals surface area contributed by atoms with Gasteiger partial charge in [-0.3, -0.25) is 10.2 Å². The van der Waals surface area contributed by atoms with Gasteiger partial charge in [0.05, 0.1) is 6.42 Å². The van der Waals surface area contributed by atoms with Crippen molar-refractivity contribution in [3.63, 3.8) is 0 Å². The van der Waals surface area contributed by atoms with Crippen LogP contribution >= 0.6 is 12.2 Å². The van der Waals surface area contributed by atoms with Crippen LogP contribution in [0.2, 0.25) is 0 Å². The molecule has 0 unspecified atom stereocenters. The fraction of sp³-hybridized carbons (Fsp3) is 0.400. The highest BCUT2D eigenvalue weighted by molar-refractivity contribution is 7.80. The molecular formula is C5H10N4OS.